The van der Waals surface area contributed by atoms with Crippen LogP contribution in [0.3, 0.4) is 0 Å². The molecular weight excluding hydrogens is 278 g/mol. The number of pyridine rings is 1. The van der Waals surface area contributed by atoms with E-state index in [1.54, 1.807) is 6.08 Å². The minimum absolute atomic E-state index is 0.130. The molecule has 22 heavy (non-hydrogen) atoms. The first kappa shape index (κ1) is 14.9. The van der Waals surface area contributed by atoms with E-state index in [4.69, 9.17) is 4.74 Å². The lowest BCUT2D eigenvalue weighted by molar-refractivity contribution is 0.0599. The number of aryl methyl sites for hydroxylation is 1. The molecule has 3 rings (SSSR count). The smallest absolute Gasteiger partial charge is 0.105 e. The molecule has 1 atom stereocenters. The van der Waals surface area contributed by atoms with Crippen LogP contribution in [0.4, 0.5) is 0 Å². The van der Waals surface area contributed by atoms with Crippen molar-refractivity contribution in [1.29, 1.82) is 0 Å². The number of nitrogens with zero attached hydrogens (tertiary/aromatic N) is 5. The van der Waals surface area contributed by atoms with Crippen molar-refractivity contribution in [3.05, 3.63) is 54.1 Å². The van der Waals surface area contributed by atoms with Gasteiger partial charge in [0.05, 0.1) is 24.9 Å². The van der Waals surface area contributed by atoms with Crippen LogP contribution in [0.5, 0.6) is 0 Å². The van der Waals surface area contributed by atoms with Crippen LogP contribution in [0.25, 0.3) is 0 Å². The van der Waals surface area contributed by atoms with Crippen molar-refractivity contribution in [1.82, 2.24) is 24.9 Å². The average Bonchev–Trinajstić information content (AvgIpc) is 2.92. The van der Waals surface area contributed by atoms with Crippen LogP contribution in [-0.4, -0.2) is 44.6 Å². The van der Waals surface area contributed by atoms with Crippen molar-refractivity contribution in [3.63, 3.8) is 0 Å². The summed E-state index contributed by atoms with van der Waals surface area (Å²) in [4.78, 5) is 6.48. The Balaban J connectivity index is 1.80. The van der Waals surface area contributed by atoms with Crippen molar-refractivity contribution in [2.45, 2.75) is 19.0 Å². The number of aromatic nitrogens is 4. The van der Waals surface area contributed by atoms with Gasteiger partial charge >= 0.3 is 0 Å². The van der Waals surface area contributed by atoms with E-state index in [0.29, 0.717) is 13.2 Å². The maximum atomic E-state index is 5.71. The van der Waals surface area contributed by atoms with Crippen molar-refractivity contribution in [3.8, 4) is 0 Å². The van der Waals surface area contributed by atoms with Gasteiger partial charge in [-0.05, 0) is 17.7 Å². The quantitative estimate of drug-likeness (QED) is 0.598. The molecule has 1 aliphatic rings. The molecule has 3 heterocycles. The van der Waals surface area contributed by atoms with Gasteiger partial charge in [0.15, 0.2) is 0 Å². The third kappa shape index (κ3) is 3.08. The van der Waals surface area contributed by atoms with Crippen LogP contribution >= 0.6 is 0 Å². The largest absolute Gasteiger partial charge is 0.375 e. The molecule has 6 nitrogen and oxygen atoms in total. The normalized spacial score (nSPS) is 18.1. The zero-order valence-corrected chi connectivity index (χ0v) is 12.9. The van der Waals surface area contributed by atoms with Crippen LogP contribution in [0.1, 0.15) is 23.0 Å². The van der Waals surface area contributed by atoms with Gasteiger partial charge in [-0.2, -0.15) is 0 Å². The average molecular weight is 299 g/mol. The summed E-state index contributed by atoms with van der Waals surface area (Å²) in [5.74, 6) is 0. The summed E-state index contributed by atoms with van der Waals surface area (Å²) in [6.07, 6.45) is 6.39. The van der Waals surface area contributed by atoms with E-state index in [9.17, 15) is 0 Å². The molecule has 0 spiro atoms. The molecule has 2 aromatic rings. The molecule has 2 aromatic heterocycles. The highest BCUT2D eigenvalue weighted by Gasteiger charge is 2.31. The lowest BCUT2D eigenvalue weighted by Crippen LogP contribution is -2.38. The van der Waals surface area contributed by atoms with Gasteiger partial charge in [-0.1, -0.05) is 11.3 Å². The van der Waals surface area contributed by atoms with Gasteiger partial charge in [-0.25, -0.2) is 0 Å². The fourth-order valence-corrected chi connectivity index (χ4v) is 2.88. The zero-order valence-electron chi connectivity index (χ0n) is 12.9. The molecule has 0 amide bonds. The molecule has 0 N–H and O–H groups in total. The van der Waals surface area contributed by atoms with Crippen molar-refractivity contribution in [2.75, 3.05) is 19.8 Å². The Kier molecular flexibility index (Phi) is 4.60. The van der Waals surface area contributed by atoms with Crippen LogP contribution in [0.15, 0.2) is 37.2 Å². The standard InChI is InChI=1S/C16H21N5O/c1-3-10-22-12-15-16-14(20(2)19-18-16)6-9-21(15)11-13-4-7-17-8-5-13/h3-5,7-8,15H,1,6,9-12H2,2H3/t15-/m0/s1. The molecule has 0 saturated carbocycles. The fourth-order valence-electron chi connectivity index (χ4n) is 2.88. The van der Waals surface area contributed by atoms with Gasteiger partial charge in [0.1, 0.15) is 5.69 Å². The molecule has 0 radical (unpaired) electrons. The van der Waals surface area contributed by atoms with E-state index in [2.05, 4.69) is 26.8 Å². The van der Waals surface area contributed by atoms with Crippen LogP contribution in [-0.2, 0) is 24.8 Å². The van der Waals surface area contributed by atoms with Crippen LogP contribution in [0.2, 0.25) is 0 Å². The Morgan fingerprint density at radius 1 is 1.41 bits per heavy atom. The third-order valence-electron chi connectivity index (χ3n) is 4.01. The van der Waals surface area contributed by atoms with E-state index in [0.717, 1.165) is 25.2 Å². The number of hydrogen-bond acceptors (Lipinski definition) is 5. The first-order valence-electron chi connectivity index (χ1n) is 7.49. The Hall–Kier alpha value is -2.05. The highest BCUT2D eigenvalue weighted by molar-refractivity contribution is 5.20. The van der Waals surface area contributed by atoms with E-state index in [1.165, 1.54) is 11.3 Å². The van der Waals surface area contributed by atoms with Gasteiger partial charge in [-0.15, -0.1) is 11.7 Å². The highest BCUT2D eigenvalue weighted by Crippen LogP contribution is 2.29. The Morgan fingerprint density at radius 3 is 3.00 bits per heavy atom. The molecule has 0 aromatic carbocycles. The number of rotatable bonds is 6. The second-order valence-electron chi connectivity index (χ2n) is 5.46. The number of ether oxygens (including phenoxy) is 1. The molecule has 1 aliphatic heterocycles. The van der Waals surface area contributed by atoms with Crippen molar-refractivity contribution < 1.29 is 4.74 Å². The Labute approximate surface area is 130 Å². The lowest BCUT2D eigenvalue weighted by atomic mass is 10.0. The summed E-state index contributed by atoms with van der Waals surface area (Å²) in [5.41, 5.74) is 3.49. The topological polar surface area (TPSA) is 56.1 Å². The summed E-state index contributed by atoms with van der Waals surface area (Å²) >= 11 is 0. The summed E-state index contributed by atoms with van der Waals surface area (Å²) in [6, 6.07) is 4.23. The molecule has 0 unspecified atom stereocenters. The highest BCUT2D eigenvalue weighted by atomic mass is 16.5. The van der Waals surface area contributed by atoms with E-state index >= 15 is 0 Å². The monoisotopic (exact) mass is 299 g/mol. The molecular formula is C16H21N5O. The second-order valence-corrected chi connectivity index (χ2v) is 5.46. The zero-order chi connectivity index (χ0) is 15.4. The molecule has 0 fully saturated rings. The first-order valence-corrected chi connectivity index (χ1v) is 7.49. The van der Waals surface area contributed by atoms with Crippen molar-refractivity contribution >= 4 is 0 Å². The van der Waals surface area contributed by atoms with Crippen LogP contribution < -0.4 is 0 Å². The van der Waals surface area contributed by atoms with Gasteiger partial charge in [0.25, 0.3) is 0 Å². The maximum Gasteiger partial charge on any atom is 0.105 e. The van der Waals surface area contributed by atoms with E-state index in [1.807, 2.05) is 36.3 Å². The number of fused-ring (bicyclic) bond motifs is 1. The van der Waals surface area contributed by atoms with E-state index in [-0.39, 0.29) is 6.04 Å². The summed E-state index contributed by atoms with van der Waals surface area (Å²) < 4.78 is 7.58. The summed E-state index contributed by atoms with van der Waals surface area (Å²) in [7, 11) is 1.95. The van der Waals surface area contributed by atoms with Gasteiger partial charge < -0.3 is 4.74 Å². The Morgan fingerprint density at radius 2 is 2.23 bits per heavy atom. The summed E-state index contributed by atoms with van der Waals surface area (Å²) in [5, 5.41) is 8.53. The first-order chi connectivity index (χ1) is 10.8. The molecule has 116 valence electrons. The molecule has 0 saturated heterocycles. The van der Waals surface area contributed by atoms with Crippen molar-refractivity contribution in [2.24, 2.45) is 7.05 Å². The Bertz CT molecular complexity index is 625. The maximum absolute atomic E-state index is 5.71. The minimum Gasteiger partial charge on any atom is -0.375 e. The third-order valence-corrected chi connectivity index (χ3v) is 4.01. The predicted molar refractivity (Wildman–Crippen MR) is 83.1 cm³/mol. The van der Waals surface area contributed by atoms with Gasteiger partial charge in [0.2, 0.25) is 0 Å². The predicted octanol–water partition coefficient (Wildman–Crippen LogP) is 1.51. The van der Waals surface area contributed by atoms with E-state index < -0.39 is 0 Å². The molecule has 0 aliphatic carbocycles. The van der Waals surface area contributed by atoms with Gasteiger partial charge in [0, 0.05) is 39.0 Å². The summed E-state index contributed by atoms with van der Waals surface area (Å²) in [6.45, 7) is 6.68. The number of hydrogen-bond donors (Lipinski definition) is 0. The SMILES string of the molecule is C=CCOC[C@H]1c2nnn(C)c2CCN1Cc1ccncc1. The van der Waals surface area contributed by atoms with Crippen LogP contribution in [0, 0.1) is 0 Å². The molecule has 0 bridgehead atoms. The lowest BCUT2D eigenvalue weighted by Gasteiger charge is -2.34. The second kappa shape index (κ2) is 6.81. The van der Waals surface area contributed by atoms with Gasteiger partial charge in [-0.3, -0.25) is 14.6 Å². The minimum atomic E-state index is 0.130. The fraction of sp³-hybridized carbons (Fsp3) is 0.438. The molecule has 6 heteroatoms.